The maximum atomic E-state index is 13.1. The first-order valence-electron chi connectivity index (χ1n) is 6.90. The lowest BCUT2D eigenvalue weighted by Gasteiger charge is -2.27. The Morgan fingerprint density at radius 3 is 2.70 bits per heavy atom. The Morgan fingerprint density at radius 2 is 2.10 bits per heavy atom. The molecule has 2 rings (SSSR count). The third-order valence-corrected chi connectivity index (χ3v) is 4.05. The molecule has 0 spiro atoms. The van der Waals surface area contributed by atoms with Crippen LogP contribution in [0.4, 0.5) is 4.39 Å². The maximum absolute atomic E-state index is 13.1. The SMILES string of the molecule is COC(=O)C(NC1CCCCC1)c1ccc(F)cc1Cl. The molecule has 5 heteroatoms. The molecule has 0 aliphatic heterocycles. The number of rotatable bonds is 4. The van der Waals surface area contributed by atoms with Crippen molar-refractivity contribution in [2.24, 2.45) is 0 Å². The average molecular weight is 300 g/mol. The predicted octanol–water partition coefficient (Wildman–Crippen LogP) is 3.62. The molecule has 0 radical (unpaired) electrons. The van der Waals surface area contributed by atoms with Gasteiger partial charge in [0.25, 0.3) is 0 Å². The lowest BCUT2D eigenvalue weighted by Crippen LogP contribution is -2.38. The van der Waals surface area contributed by atoms with Crippen LogP contribution in [0.2, 0.25) is 5.02 Å². The van der Waals surface area contributed by atoms with Crippen LogP contribution >= 0.6 is 11.6 Å². The van der Waals surface area contributed by atoms with Crippen molar-refractivity contribution in [1.82, 2.24) is 5.32 Å². The monoisotopic (exact) mass is 299 g/mol. The average Bonchev–Trinajstić information content (AvgIpc) is 2.46. The minimum absolute atomic E-state index is 0.240. The minimum Gasteiger partial charge on any atom is -0.468 e. The Balaban J connectivity index is 2.20. The van der Waals surface area contributed by atoms with E-state index < -0.39 is 17.8 Å². The highest BCUT2D eigenvalue weighted by Gasteiger charge is 2.27. The van der Waals surface area contributed by atoms with Crippen LogP contribution in [0.25, 0.3) is 0 Å². The second-order valence-corrected chi connectivity index (χ2v) is 5.53. The molecule has 1 aromatic carbocycles. The van der Waals surface area contributed by atoms with E-state index in [0.717, 1.165) is 25.7 Å². The van der Waals surface area contributed by atoms with Crippen molar-refractivity contribution in [3.05, 3.63) is 34.6 Å². The first-order valence-corrected chi connectivity index (χ1v) is 7.28. The van der Waals surface area contributed by atoms with Gasteiger partial charge in [-0.1, -0.05) is 36.9 Å². The Bertz CT molecular complexity index is 475. The Hall–Kier alpha value is -1.13. The summed E-state index contributed by atoms with van der Waals surface area (Å²) in [7, 11) is 1.34. The predicted molar refractivity (Wildman–Crippen MR) is 76.2 cm³/mol. The molecule has 0 bridgehead atoms. The van der Waals surface area contributed by atoms with Crippen LogP contribution in [0, 0.1) is 5.82 Å². The molecule has 1 aliphatic carbocycles. The minimum atomic E-state index is -0.642. The fraction of sp³-hybridized carbons (Fsp3) is 0.533. The van der Waals surface area contributed by atoms with Crippen LogP contribution in [-0.4, -0.2) is 19.1 Å². The van der Waals surface area contributed by atoms with E-state index in [-0.39, 0.29) is 11.1 Å². The van der Waals surface area contributed by atoms with E-state index in [4.69, 9.17) is 16.3 Å². The van der Waals surface area contributed by atoms with E-state index in [1.807, 2.05) is 0 Å². The van der Waals surface area contributed by atoms with E-state index in [1.165, 1.54) is 31.7 Å². The van der Waals surface area contributed by atoms with Crippen LogP contribution in [0.3, 0.4) is 0 Å². The van der Waals surface area contributed by atoms with Crippen LogP contribution in [-0.2, 0) is 9.53 Å². The highest BCUT2D eigenvalue weighted by molar-refractivity contribution is 6.31. The largest absolute Gasteiger partial charge is 0.468 e. The van der Waals surface area contributed by atoms with E-state index >= 15 is 0 Å². The molecule has 1 aliphatic rings. The normalized spacial score (nSPS) is 17.8. The molecule has 110 valence electrons. The van der Waals surface area contributed by atoms with Gasteiger partial charge in [0.1, 0.15) is 11.9 Å². The first-order chi connectivity index (χ1) is 9.61. The molecule has 1 fully saturated rings. The number of esters is 1. The topological polar surface area (TPSA) is 38.3 Å². The second kappa shape index (κ2) is 7.04. The quantitative estimate of drug-likeness (QED) is 0.863. The van der Waals surface area contributed by atoms with Gasteiger partial charge in [-0.05, 0) is 30.5 Å². The highest BCUT2D eigenvalue weighted by atomic mass is 35.5. The number of hydrogen-bond acceptors (Lipinski definition) is 3. The summed E-state index contributed by atoms with van der Waals surface area (Å²) >= 11 is 6.06. The van der Waals surface area contributed by atoms with Crippen LogP contribution < -0.4 is 5.32 Å². The van der Waals surface area contributed by atoms with E-state index in [2.05, 4.69) is 5.32 Å². The summed E-state index contributed by atoms with van der Waals surface area (Å²) < 4.78 is 18.0. The third-order valence-electron chi connectivity index (χ3n) is 3.72. The standard InChI is InChI=1S/C15H19ClFNO2/c1-20-15(19)14(18-11-5-3-2-4-6-11)12-8-7-10(17)9-13(12)16/h7-9,11,14,18H,2-6H2,1H3. The van der Waals surface area contributed by atoms with Gasteiger partial charge >= 0.3 is 5.97 Å². The number of nitrogens with one attached hydrogen (secondary N) is 1. The number of halogens is 2. The van der Waals surface area contributed by atoms with Gasteiger partial charge in [-0.2, -0.15) is 0 Å². The Kier molecular flexibility index (Phi) is 5.38. The molecule has 1 atom stereocenters. The van der Waals surface area contributed by atoms with Gasteiger partial charge in [-0.15, -0.1) is 0 Å². The zero-order valence-electron chi connectivity index (χ0n) is 11.5. The maximum Gasteiger partial charge on any atom is 0.327 e. The van der Waals surface area contributed by atoms with Gasteiger partial charge in [-0.3, -0.25) is 5.32 Å². The van der Waals surface area contributed by atoms with Gasteiger partial charge < -0.3 is 4.74 Å². The van der Waals surface area contributed by atoms with E-state index in [1.54, 1.807) is 0 Å². The summed E-state index contributed by atoms with van der Waals surface area (Å²) in [6.45, 7) is 0. The Labute approximate surface area is 123 Å². The summed E-state index contributed by atoms with van der Waals surface area (Å²) in [6, 6.07) is 3.69. The molecule has 1 aromatic rings. The van der Waals surface area contributed by atoms with Crippen molar-refractivity contribution in [3.63, 3.8) is 0 Å². The lowest BCUT2D eigenvalue weighted by molar-refractivity contribution is -0.143. The van der Waals surface area contributed by atoms with Crippen LogP contribution in [0.1, 0.15) is 43.7 Å². The summed E-state index contributed by atoms with van der Waals surface area (Å²) in [5.74, 6) is -0.816. The smallest absolute Gasteiger partial charge is 0.327 e. The van der Waals surface area contributed by atoms with Crippen molar-refractivity contribution in [2.75, 3.05) is 7.11 Å². The molecule has 0 saturated heterocycles. The molecule has 0 amide bonds. The molecular weight excluding hydrogens is 281 g/mol. The van der Waals surface area contributed by atoms with Crippen LogP contribution in [0.5, 0.6) is 0 Å². The van der Waals surface area contributed by atoms with Crippen molar-refractivity contribution < 1.29 is 13.9 Å². The zero-order valence-corrected chi connectivity index (χ0v) is 12.3. The molecule has 3 nitrogen and oxygen atoms in total. The molecule has 1 unspecified atom stereocenters. The number of methoxy groups -OCH3 is 1. The molecule has 0 heterocycles. The van der Waals surface area contributed by atoms with Crippen molar-refractivity contribution in [2.45, 2.75) is 44.2 Å². The summed E-state index contributed by atoms with van der Waals surface area (Å²) in [5, 5.41) is 3.54. The Morgan fingerprint density at radius 1 is 1.40 bits per heavy atom. The third kappa shape index (κ3) is 3.70. The second-order valence-electron chi connectivity index (χ2n) is 5.12. The van der Waals surface area contributed by atoms with Gasteiger partial charge in [0, 0.05) is 11.1 Å². The van der Waals surface area contributed by atoms with Crippen molar-refractivity contribution in [1.29, 1.82) is 0 Å². The van der Waals surface area contributed by atoms with Gasteiger partial charge in [0.2, 0.25) is 0 Å². The molecule has 0 aromatic heterocycles. The van der Waals surface area contributed by atoms with Gasteiger partial charge in [-0.25, -0.2) is 9.18 Å². The van der Waals surface area contributed by atoms with Gasteiger partial charge in [0.15, 0.2) is 0 Å². The summed E-state index contributed by atoms with van der Waals surface area (Å²) in [4.78, 5) is 12.0. The molecule has 1 N–H and O–H groups in total. The van der Waals surface area contributed by atoms with Crippen LogP contribution in [0.15, 0.2) is 18.2 Å². The number of benzene rings is 1. The lowest BCUT2D eigenvalue weighted by atomic mass is 9.94. The zero-order chi connectivity index (χ0) is 14.5. The van der Waals surface area contributed by atoms with E-state index in [0.29, 0.717) is 5.56 Å². The number of carbonyl (C=O) groups is 1. The molecule has 20 heavy (non-hydrogen) atoms. The number of ether oxygens (including phenoxy) is 1. The highest BCUT2D eigenvalue weighted by Crippen LogP contribution is 2.27. The first kappa shape index (κ1) is 15.3. The summed E-state index contributed by atoms with van der Waals surface area (Å²) in [5.41, 5.74) is 0.561. The summed E-state index contributed by atoms with van der Waals surface area (Å²) in [6.07, 6.45) is 5.61. The van der Waals surface area contributed by atoms with Crippen molar-refractivity contribution in [3.8, 4) is 0 Å². The fourth-order valence-electron chi connectivity index (χ4n) is 2.64. The van der Waals surface area contributed by atoms with Crippen molar-refractivity contribution >= 4 is 17.6 Å². The van der Waals surface area contributed by atoms with E-state index in [9.17, 15) is 9.18 Å². The number of carbonyl (C=O) groups excluding carboxylic acids is 1. The van der Waals surface area contributed by atoms with Gasteiger partial charge in [0.05, 0.1) is 7.11 Å². The molecule has 1 saturated carbocycles. The fourth-order valence-corrected chi connectivity index (χ4v) is 2.92. The molecular formula is C15H19ClFNO2. The number of hydrogen-bond donors (Lipinski definition) is 1.